The summed E-state index contributed by atoms with van der Waals surface area (Å²) in [5, 5.41) is 2.71. The summed E-state index contributed by atoms with van der Waals surface area (Å²) in [6.45, 7) is 0.379. The topological polar surface area (TPSA) is 84.5 Å². The Hall–Kier alpha value is -2.18. The van der Waals surface area contributed by atoms with Crippen molar-refractivity contribution in [3.05, 3.63) is 58.1 Å². The van der Waals surface area contributed by atoms with Gasteiger partial charge in [-0.15, -0.1) is 6.42 Å². The van der Waals surface area contributed by atoms with Crippen molar-refractivity contribution in [3.8, 4) is 12.3 Å². The minimum Gasteiger partial charge on any atom is -0.383 e. The summed E-state index contributed by atoms with van der Waals surface area (Å²) in [6.07, 6.45) is 5.35. The van der Waals surface area contributed by atoms with Gasteiger partial charge < -0.3 is 10.1 Å². The number of anilines is 1. The van der Waals surface area contributed by atoms with Gasteiger partial charge in [0.15, 0.2) is 0 Å². The lowest BCUT2D eigenvalue weighted by atomic mass is 10.2. The smallest absolute Gasteiger partial charge is 0.256 e. The Morgan fingerprint density at radius 3 is 2.73 bits per heavy atom. The summed E-state index contributed by atoms with van der Waals surface area (Å²) in [7, 11) is -2.27. The molecule has 2 N–H and O–H groups in total. The van der Waals surface area contributed by atoms with E-state index < -0.39 is 15.9 Å². The number of hydrogen-bond acceptors (Lipinski definition) is 4. The highest BCUT2D eigenvalue weighted by molar-refractivity contribution is 9.10. The van der Waals surface area contributed by atoms with Crippen molar-refractivity contribution in [2.45, 2.75) is 4.90 Å². The zero-order valence-electron chi connectivity index (χ0n) is 14.0. The molecule has 0 unspecified atom stereocenters. The minimum atomic E-state index is -3.75. The molecule has 0 radical (unpaired) electrons. The number of ether oxygens (including phenoxy) is 1. The molecule has 6 nitrogen and oxygen atoms in total. The number of methoxy groups -OCH3 is 1. The Morgan fingerprint density at radius 2 is 2.04 bits per heavy atom. The first-order chi connectivity index (χ1) is 12.4. The van der Waals surface area contributed by atoms with Gasteiger partial charge in [0.1, 0.15) is 0 Å². The average Bonchev–Trinajstić information content (AvgIpc) is 2.62. The fourth-order valence-electron chi connectivity index (χ4n) is 2.09. The molecule has 8 heteroatoms. The standard InChI is InChI=1S/C18H17BrN2O4S/c1-3-13-5-4-6-14(11-13)21-18(22)16-12-15(7-8-17(16)19)26(23,24)20-9-10-25-2/h1,4-8,11-12,20H,9-10H2,2H3,(H,21,22). The highest BCUT2D eigenvalue weighted by Crippen LogP contribution is 2.22. The van der Waals surface area contributed by atoms with Gasteiger partial charge in [-0.25, -0.2) is 13.1 Å². The number of nitrogens with one attached hydrogen (secondary N) is 2. The van der Waals surface area contributed by atoms with Crippen LogP contribution in [0, 0.1) is 12.3 Å². The number of terminal acetylenes is 1. The molecule has 0 saturated carbocycles. The van der Waals surface area contributed by atoms with E-state index in [-0.39, 0.29) is 23.6 Å². The van der Waals surface area contributed by atoms with Crippen LogP contribution in [0.5, 0.6) is 0 Å². The van der Waals surface area contributed by atoms with Gasteiger partial charge in [0.05, 0.1) is 17.1 Å². The van der Waals surface area contributed by atoms with Crippen LogP contribution >= 0.6 is 15.9 Å². The first kappa shape index (κ1) is 20.1. The summed E-state index contributed by atoms with van der Waals surface area (Å²) >= 11 is 3.27. The summed E-state index contributed by atoms with van der Waals surface area (Å²) in [6, 6.07) is 11.0. The molecule has 0 atom stereocenters. The number of hydrogen-bond donors (Lipinski definition) is 2. The van der Waals surface area contributed by atoms with Gasteiger partial charge in [-0.2, -0.15) is 0 Å². The largest absolute Gasteiger partial charge is 0.383 e. The lowest BCUT2D eigenvalue weighted by molar-refractivity contribution is 0.102. The van der Waals surface area contributed by atoms with Gasteiger partial charge in [-0.1, -0.05) is 12.0 Å². The summed E-state index contributed by atoms with van der Waals surface area (Å²) < 4.78 is 32.3. The Bertz CT molecular complexity index is 952. The molecular weight excluding hydrogens is 420 g/mol. The minimum absolute atomic E-state index is 0.0145. The molecule has 0 spiro atoms. The fourth-order valence-corrected chi connectivity index (χ4v) is 3.56. The molecule has 0 fully saturated rings. The fraction of sp³-hybridized carbons (Fsp3) is 0.167. The number of amides is 1. The van der Waals surface area contributed by atoms with E-state index in [4.69, 9.17) is 11.2 Å². The van der Waals surface area contributed by atoms with Crippen molar-refractivity contribution in [1.29, 1.82) is 0 Å². The van der Waals surface area contributed by atoms with Crippen molar-refractivity contribution in [3.63, 3.8) is 0 Å². The van der Waals surface area contributed by atoms with Gasteiger partial charge in [0.25, 0.3) is 5.91 Å². The molecule has 0 aliphatic carbocycles. The number of benzene rings is 2. The Morgan fingerprint density at radius 1 is 1.27 bits per heavy atom. The van der Waals surface area contributed by atoms with E-state index in [0.717, 1.165) is 0 Å². The molecule has 2 aromatic rings. The predicted molar refractivity (Wildman–Crippen MR) is 104 cm³/mol. The zero-order valence-corrected chi connectivity index (χ0v) is 16.4. The number of sulfonamides is 1. The van der Waals surface area contributed by atoms with Crippen LogP contribution in [-0.4, -0.2) is 34.6 Å². The quantitative estimate of drug-likeness (QED) is 0.515. The highest BCUT2D eigenvalue weighted by Gasteiger charge is 2.18. The molecule has 0 aromatic heterocycles. The molecule has 1 amide bonds. The Labute approximate surface area is 161 Å². The number of carbonyl (C=O) groups excluding carboxylic acids is 1. The third-order valence-corrected chi connectivity index (χ3v) is 5.53. The third kappa shape index (κ3) is 5.16. The van der Waals surface area contributed by atoms with E-state index in [2.05, 4.69) is 31.9 Å². The molecule has 26 heavy (non-hydrogen) atoms. The molecule has 0 aliphatic rings. The number of rotatable bonds is 7. The molecule has 0 bridgehead atoms. The zero-order chi connectivity index (χ0) is 19.2. The summed E-state index contributed by atoms with van der Waals surface area (Å²) in [5.74, 6) is 2.03. The molecule has 0 heterocycles. The Kier molecular flexibility index (Phi) is 6.94. The van der Waals surface area contributed by atoms with Crippen LogP contribution in [0.4, 0.5) is 5.69 Å². The van der Waals surface area contributed by atoms with Crippen LogP contribution < -0.4 is 10.0 Å². The lowest BCUT2D eigenvalue weighted by Crippen LogP contribution is -2.27. The monoisotopic (exact) mass is 436 g/mol. The molecule has 136 valence electrons. The van der Waals surface area contributed by atoms with E-state index in [1.165, 1.54) is 25.3 Å². The van der Waals surface area contributed by atoms with Gasteiger partial charge in [-0.05, 0) is 52.3 Å². The molecule has 0 aliphatic heterocycles. The molecular formula is C18H17BrN2O4S. The van der Waals surface area contributed by atoms with Crippen LogP contribution in [-0.2, 0) is 14.8 Å². The van der Waals surface area contributed by atoms with Crippen molar-refractivity contribution in [2.24, 2.45) is 0 Å². The van der Waals surface area contributed by atoms with E-state index in [1.54, 1.807) is 24.3 Å². The van der Waals surface area contributed by atoms with E-state index in [0.29, 0.717) is 15.7 Å². The summed E-state index contributed by atoms with van der Waals surface area (Å²) in [4.78, 5) is 12.5. The normalized spacial score (nSPS) is 11.0. The maximum Gasteiger partial charge on any atom is 0.256 e. The number of carbonyl (C=O) groups is 1. The second-order valence-corrected chi connectivity index (χ2v) is 7.83. The first-order valence-corrected chi connectivity index (χ1v) is 9.81. The van der Waals surface area contributed by atoms with Crippen LogP contribution in [0.3, 0.4) is 0 Å². The average molecular weight is 437 g/mol. The van der Waals surface area contributed by atoms with E-state index >= 15 is 0 Å². The second kappa shape index (κ2) is 8.96. The summed E-state index contributed by atoms with van der Waals surface area (Å²) in [5.41, 5.74) is 1.33. The third-order valence-electron chi connectivity index (χ3n) is 3.38. The van der Waals surface area contributed by atoms with Crippen LogP contribution in [0.1, 0.15) is 15.9 Å². The van der Waals surface area contributed by atoms with Gasteiger partial charge in [0, 0.05) is 29.4 Å². The first-order valence-electron chi connectivity index (χ1n) is 7.53. The second-order valence-electron chi connectivity index (χ2n) is 5.21. The number of halogens is 1. The van der Waals surface area contributed by atoms with Crippen molar-refractivity contribution < 1.29 is 17.9 Å². The molecule has 0 saturated heterocycles. The van der Waals surface area contributed by atoms with Crippen molar-refractivity contribution in [1.82, 2.24) is 4.72 Å². The van der Waals surface area contributed by atoms with Gasteiger partial charge in [0.2, 0.25) is 10.0 Å². The highest BCUT2D eigenvalue weighted by atomic mass is 79.9. The maximum absolute atomic E-state index is 12.5. The van der Waals surface area contributed by atoms with Crippen LogP contribution in [0.2, 0.25) is 0 Å². The van der Waals surface area contributed by atoms with E-state index in [1.807, 2.05) is 0 Å². The molecule has 2 aromatic carbocycles. The van der Waals surface area contributed by atoms with Crippen LogP contribution in [0.15, 0.2) is 51.8 Å². The maximum atomic E-state index is 12.5. The van der Waals surface area contributed by atoms with Crippen molar-refractivity contribution >= 4 is 37.5 Å². The van der Waals surface area contributed by atoms with Gasteiger partial charge >= 0.3 is 0 Å². The van der Waals surface area contributed by atoms with E-state index in [9.17, 15) is 13.2 Å². The van der Waals surface area contributed by atoms with Crippen molar-refractivity contribution in [2.75, 3.05) is 25.6 Å². The lowest BCUT2D eigenvalue weighted by Gasteiger charge is -2.11. The molecule has 2 rings (SSSR count). The van der Waals surface area contributed by atoms with Gasteiger partial charge in [-0.3, -0.25) is 4.79 Å². The Balaban J connectivity index is 2.26. The SMILES string of the molecule is C#Cc1cccc(NC(=O)c2cc(S(=O)(=O)NCCOC)ccc2Br)c1. The predicted octanol–water partition coefficient (Wildman–Crippen LogP) is 2.61. The van der Waals surface area contributed by atoms with Crippen LogP contribution in [0.25, 0.3) is 0 Å².